The molecule has 0 radical (unpaired) electrons. The van der Waals surface area contributed by atoms with Gasteiger partial charge in [-0.15, -0.1) is 5.10 Å². The number of hydrogen-bond donors (Lipinski definition) is 1. The molecule has 0 unspecified atom stereocenters. The van der Waals surface area contributed by atoms with E-state index in [2.05, 4.69) is 25.3 Å². The summed E-state index contributed by atoms with van der Waals surface area (Å²) >= 11 is 0. The standard InChI is InChI=1S/C25H16F6N6/c1-14-4-2-3-5-17(14)23-33-21-11-32-37(13-22(21)34-23)12-16-7-9-20(36-35-16)18-8-6-15(24(26,27)28)10-19(18)25(29,30)31/h2-11,13H,12H2,1H3/p+1. The number of nitrogens with one attached hydrogen (secondary N) is 1. The Bertz CT molecular complexity index is 1590. The zero-order chi connectivity index (χ0) is 26.4. The molecule has 5 aromatic rings. The summed E-state index contributed by atoms with van der Waals surface area (Å²) in [6.07, 6.45) is -6.62. The van der Waals surface area contributed by atoms with Crippen molar-refractivity contribution < 1.29 is 31.0 Å². The van der Waals surface area contributed by atoms with E-state index in [1.54, 1.807) is 17.1 Å². The van der Waals surface area contributed by atoms with Crippen molar-refractivity contribution >= 4 is 11.0 Å². The molecule has 0 saturated heterocycles. The van der Waals surface area contributed by atoms with Gasteiger partial charge in [0.2, 0.25) is 12.7 Å². The van der Waals surface area contributed by atoms with E-state index in [1.807, 2.05) is 31.2 Å². The third-order valence-electron chi connectivity index (χ3n) is 5.74. The molecule has 0 fully saturated rings. The molecule has 0 atom stereocenters. The summed E-state index contributed by atoms with van der Waals surface area (Å²) in [4.78, 5) is 7.82. The summed E-state index contributed by atoms with van der Waals surface area (Å²) in [5.41, 5.74) is 0.246. The molecule has 5 rings (SSSR count). The van der Waals surface area contributed by atoms with E-state index in [-0.39, 0.29) is 18.3 Å². The van der Waals surface area contributed by atoms with Gasteiger partial charge >= 0.3 is 12.4 Å². The molecule has 0 aliphatic heterocycles. The van der Waals surface area contributed by atoms with Crippen LogP contribution in [0.3, 0.4) is 0 Å². The Hall–Kier alpha value is -4.35. The minimum atomic E-state index is -5.01. The van der Waals surface area contributed by atoms with Crippen LogP contribution in [0, 0.1) is 6.92 Å². The fourth-order valence-electron chi connectivity index (χ4n) is 3.89. The summed E-state index contributed by atoms with van der Waals surface area (Å²) in [5, 5.41) is 12.1. The number of aromatic nitrogens is 6. The Labute approximate surface area is 205 Å². The van der Waals surface area contributed by atoms with Crippen LogP contribution >= 0.6 is 0 Å². The second kappa shape index (κ2) is 8.95. The lowest BCUT2D eigenvalue weighted by atomic mass is 10.00. The summed E-state index contributed by atoms with van der Waals surface area (Å²) in [7, 11) is 0. The number of halogens is 6. The quantitative estimate of drug-likeness (QED) is 0.244. The average molecular weight is 515 g/mol. The largest absolute Gasteiger partial charge is 0.417 e. The molecule has 0 aliphatic rings. The molecule has 6 nitrogen and oxygen atoms in total. The minimum Gasteiger partial charge on any atom is -0.333 e. The van der Waals surface area contributed by atoms with Crippen LogP contribution in [-0.4, -0.2) is 25.3 Å². The number of H-pyrrole nitrogens is 1. The van der Waals surface area contributed by atoms with Crippen molar-refractivity contribution in [2.45, 2.75) is 25.8 Å². The van der Waals surface area contributed by atoms with Crippen LogP contribution in [0.5, 0.6) is 0 Å². The van der Waals surface area contributed by atoms with Gasteiger partial charge < -0.3 is 4.98 Å². The van der Waals surface area contributed by atoms with E-state index < -0.39 is 29.0 Å². The van der Waals surface area contributed by atoms with Crippen LogP contribution in [0.1, 0.15) is 22.4 Å². The Morgan fingerprint density at radius 3 is 2.32 bits per heavy atom. The number of benzene rings is 2. The number of rotatable bonds is 4. The summed E-state index contributed by atoms with van der Waals surface area (Å²) in [6.45, 7) is 2.13. The highest BCUT2D eigenvalue weighted by Gasteiger charge is 2.38. The molecular formula is C25H17F6N6+. The molecule has 0 bridgehead atoms. The van der Waals surface area contributed by atoms with E-state index in [0.29, 0.717) is 23.1 Å². The van der Waals surface area contributed by atoms with Crippen LogP contribution in [0.4, 0.5) is 26.3 Å². The second-order valence-corrected chi connectivity index (χ2v) is 8.34. The fourth-order valence-corrected chi connectivity index (χ4v) is 3.89. The van der Waals surface area contributed by atoms with Crippen molar-refractivity contribution in [3.05, 3.63) is 89.4 Å². The molecule has 0 spiro atoms. The maximum absolute atomic E-state index is 13.5. The maximum atomic E-state index is 13.5. The highest BCUT2D eigenvalue weighted by atomic mass is 19.4. The van der Waals surface area contributed by atoms with Crippen molar-refractivity contribution in [2.24, 2.45) is 0 Å². The van der Waals surface area contributed by atoms with Gasteiger partial charge in [-0.1, -0.05) is 35.0 Å². The first kappa shape index (κ1) is 24.3. The fraction of sp³-hybridized carbons (Fsp3) is 0.160. The van der Waals surface area contributed by atoms with E-state index in [4.69, 9.17) is 0 Å². The molecule has 3 aromatic heterocycles. The molecule has 0 aliphatic carbocycles. The first-order valence-electron chi connectivity index (χ1n) is 10.9. The van der Waals surface area contributed by atoms with Gasteiger partial charge in [0, 0.05) is 11.1 Å². The lowest BCUT2D eigenvalue weighted by Crippen LogP contribution is -2.38. The third-order valence-corrected chi connectivity index (χ3v) is 5.74. The van der Waals surface area contributed by atoms with Gasteiger partial charge in [-0.3, -0.25) is 0 Å². The van der Waals surface area contributed by atoms with E-state index in [0.717, 1.165) is 22.7 Å². The predicted molar refractivity (Wildman–Crippen MR) is 121 cm³/mol. The zero-order valence-electron chi connectivity index (χ0n) is 19.1. The van der Waals surface area contributed by atoms with Crippen molar-refractivity contribution in [3.63, 3.8) is 0 Å². The Balaban J connectivity index is 1.41. The van der Waals surface area contributed by atoms with Crippen LogP contribution in [0.2, 0.25) is 0 Å². The van der Waals surface area contributed by atoms with E-state index in [9.17, 15) is 26.3 Å². The van der Waals surface area contributed by atoms with Gasteiger partial charge in [0.1, 0.15) is 28.7 Å². The van der Waals surface area contributed by atoms with Crippen LogP contribution in [-0.2, 0) is 18.9 Å². The highest BCUT2D eigenvalue weighted by Crippen LogP contribution is 2.40. The minimum absolute atomic E-state index is 0.0789. The lowest BCUT2D eigenvalue weighted by molar-refractivity contribution is -0.745. The summed E-state index contributed by atoms with van der Waals surface area (Å²) in [5.74, 6) is 0.689. The van der Waals surface area contributed by atoms with E-state index in [1.165, 1.54) is 12.1 Å². The van der Waals surface area contributed by atoms with Crippen molar-refractivity contribution in [1.29, 1.82) is 0 Å². The normalized spacial score (nSPS) is 12.3. The summed E-state index contributed by atoms with van der Waals surface area (Å²) in [6, 6.07) is 11.9. The van der Waals surface area contributed by atoms with Gasteiger partial charge in [-0.2, -0.15) is 31.4 Å². The van der Waals surface area contributed by atoms with Crippen LogP contribution < -0.4 is 4.68 Å². The second-order valence-electron chi connectivity index (χ2n) is 8.34. The van der Waals surface area contributed by atoms with Gasteiger partial charge in [0.05, 0.1) is 16.8 Å². The number of aryl methyl sites for hydroxylation is 1. The number of nitrogens with zero attached hydrogens (tertiary/aromatic N) is 5. The van der Waals surface area contributed by atoms with Crippen LogP contribution in [0.25, 0.3) is 33.7 Å². The Morgan fingerprint density at radius 1 is 0.865 bits per heavy atom. The Morgan fingerprint density at radius 2 is 1.65 bits per heavy atom. The lowest BCUT2D eigenvalue weighted by Gasteiger charge is -2.15. The SMILES string of the molecule is Cc1ccccc1-c1nc2cn[n+](Cc3ccc(-c4ccc(C(F)(F)F)cc4C(F)(F)F)nn3)cc2[nH]1. The zero-order valence-corrected chi connectivity index (χ0v) is 19.1. The van der Waals surface area contributed by atoms with Gasteiger partial charge in [0.15, 0.2) is 0 Å². The molecule has 2 aromatic carbocycles. The summed E-state index contributed by atoms with van der Waals surface area (Å²) < 4.78 is 80.9. The first-order chi connectivity index (χ1) is 17.5. The molecule has 1 N–H and O–H groups in total. The molecule has 188 valence electrons. The number of aromatic amines is 1. The molecule has 0 amide bonds. The number of imidazole rings is 1. The Kier molecular flexibility index (Phi) is 5.89. The number of hydrogen-bond acceptors (Lipinski definition) is 4. The average Bonchev–Trinajstić information content (AvgIpc) is 3.26. The number of alkyl halides is 6. The monoisotopic (exact) mass is 515 g/mol. The topological polar surface area (TPSA) is 71.2 Å². The first-order valence-corrected chi connectivity index (χ1v) is 10.9. The predicted octanol–water partition coefficient (Wildman–Crippen LogP) is 5.76. The van der Waals surface area contributed by atoms with Crippen LogP contribution in [0.15, 0.2) is 67.0 Å². The number of fused-ring (bicyclic) bond motifs is 1. The van der Waals surface area contributed by atoms with Crippen molar-refractivity contribution in [3.8, 4) is 22.6 Å². The van der Waals surface area contributed by atoms with E-state index >= 15 is 0 Å². The molecule has 3 heterocycles. The molecule has 12 heteroatoms. The highest BCUT2D eigenvalue weighted by molar-refractivity contribution is 5.77. The molecular weight excluding hydrogens is 498 g/mol. The van der Waals surface area contributed by atoms with Gasteiger partial charge in [-0.05, 0) is 41.9 Å². The molecule has 0 saturated carbocycles. The van der Waals surface area contributed by atoms with Gasteiger partial charge in [-0.25, -0.2) is 4.98 Å². The van der Waals surface area contributed by atoms with Gasteiger partial charge in [0.25, 0.3) is 0 Å². The third kappa shape index (κ3) is 4.99. The van der Waals surface area contributed by atoms with Crippen molar-refractivity contribution in [2.75, 3.05) is 0 Å². The molecule has 37 heavy (non-hydrogen) atoms. The smallest absolute Gasteiger partial charge is 0.333 e. The van der Waals surface area contributed by atoms with Crippen molar-refractivity contribution in [1.82, 2.24) is 25.3 Å². The maximum Gasteiger partial charge on any atom is 0.417 e.